The van der Waals surface area contributed by atoms with Crippen molar-refractivity contribution in [3.63, 3.8) is 0 Å². The van der Waals surface area contributed by atoms with E-state index in [-0.39, 0.29) is 5.91 Å². The van der Waals surface area contributed by atoms with Gasteiger partial charge >= 0.3 is 0 Å². The van der Waals surface area contributed by atoms with E-state index in [4.69, 9.17) is 0 Å². The second kappa shape index (κ2) is 6.85. The average molecular weight is 399 g/mol. The molecule has 2 rings (SSSR count). The molecule has 0 unspecified atom stereocenters. The number of hydrogen-bond donors (Lipinski definition) is 2. The van der Waals surface area contributed by atoms with Crippen molar-refractivity contribution < 1.29 is 4.79 Å². The second-order valence-electron chi connectivity index (χ2n) is 4.09. The van der Waals surface area contributed by atoms with Gasteiger partial charge in [-0.05, 0) is 46.1 Å². The molecule has 1 aromatic heterocycles. The summed E-state index contributed by atoms with van der Waals surface area (Å²) >= 11 is 6.71. The number of halogens is 2. The van der Waals surface area contributed by atoms with Crippen molar-refractivity contribution in [3.05, 3.63) is 56.7 Å². The number of hydrazone groups is 1. The predicted octanol–water partition coefficient (Wildman–Crippen LogP) is 4.08. The van der Waals surface area contributed by atoms with Gasteiger partial charge in [-0.2, -0.15) is 5.10 Å². The van der Waals surface area contributed by atoms with E-state index in [1.165, 1.54) is 0 Å². The van der Waals surface area contributed by atoms with Gasteiger partial charge in [-0.15, -0.1) is 0 Å². The highest BCUT2D eigenvalue weighted by Crippen LogP contribution is 2.14. The van der Waals surface area contributed by atoms with Gasteiger partial charge in [0.05, 0.1) is 5.71 Å². The maximum atomic E-state index is 11.9. The van der Waals surface area contributed by atoms with Crippen molar-refractivity contribution in [3.8, 4) is 0 Å². The van der Waals surface area contributed by atoms with Crippen LogP contribution in [0.15, 0.2) is 50.6 Å². The number of aromatic nitrogens is 1. The highest BCUT2D eigenvalue weighted by Gasteiger charge is 2.08. The van der Waals surface area contributed by atoms with Crippen molar-refractivity contribution in [2.75, 3.05) is 0 Å². The SMILES string of the molecule is CC/C(=N/NC(=O)c1cc(Br)c[nH]1)c1cccc(Br)c1. The van der Waals surface area contributed by atoms with Gasteiger partial charge in [0.25, 0.3) is 5.91 Å². The molecule has 1 amide bonds. The van der Waals surface area contributed by atoms with Crippen molar-refractivity contribution in [2.24, 2.45) is 5.10 Å². The Morgan fingerprint density at radius 3 is 2.70 bits per heavy atom. The van der Waals surface area contributed by atoms with Crippen molar-refractivity contribution in [1.29, 1.82) is 0 Å². The summed E-state index contributed by atoms with van der Waals surface area (Å²) in [6, 6.07) is 9.53. The monoisotopic (exact) mass is 397 g/mol. The molecule has 0 saturated carbocycles. The van der Waals surface area contributed by atoms with Gasteiger partial charge in [0.2, 0.25) is 0 Å². The minimum atomic E-state index is -0.267. The summed E-state index contributed by atoms with van der Waals surface area (Å²) in [6.07, 6.45) is 2.43. The molecule has 1 aromatic carbocycles. The molecular formula is C14H13Br2N3O. The normalized spacial score (nSPS) is 11.4. The lowest BCUT2D eigenvalue weighted by atomic mass is 10.1. The number of H-pyrrole nitrogens is 1. The molecule has 104 valence electrons. The van der Waals surface area contributed by atoms with Crippen molar-refractivity contribution >= 4 is 43.5 Å². The van der Waals surface area contributed by atoms with E-state index < -0.39 is 0 Å². The summed E-state index contributed by atoms with van der Waals surface area (Å²) in [5.41, 5.74) is 4.83. The molecule has 0 aliphatic heterocycles. The molecule has 0 atom stereocenters. The van der Waals surface area contributed by atoms with Gasteiger partial charge in [0, 0.05) is 15.1 Å². The van der Waals surface area contributed by atoms with E-state index in [0.717, 1.165) is 26.6 Å². The molecule has 0 radical (unpaired) electrons. The summed E-state index contributed by atoms with van der Waals surface area (Å²) in [4.78, 5) is 14.8. The standard InChI is InChI=1S/C14H13Br2N3O/c1-2-12(9-4-3-5-10(15)6-9)18-19-14(20)13-7-11(16)8-17-13/h3-8,17H,2H2,1H3,(H,19,20)/b18-12-. The van der Waals surface area contributed by atoms with Gasteiger partial charge in [-0.3, -0.25) is 4.79 Å². The smallest absolute Gasteiger partial charge is 0.287 e. The predicted molar refractivity (Wildman–Crippen MR) is 86.9 cm³/mol. The van der Waals surface area contributed by atoms with Crippen LogP contribution in [0.4, 0.5) is 0 Å². The van der Waals surface area contributed by atoms with Crippen molar-refractivity contribution in [2.45, 2.75) is 13.3 Å². The minimum Gasteiger partial charge on any atom is -0.356 e. The Bertz CT molecular complexity index is 649. The van der Waals surface area contributed by atoms with Crippen LogP contribution in [0.2, 0.25) is 0 Å². The molecule has 20 heavy (non-hydrogen) atoms. The molecule has 0 bridgehead atoms. The molecule has 0 aliphatic carbocycles. The fourth-order valence-electron chi connectivity index (χ4n) is 1.69. The Morgan fingerprint density at radius 1 is 1.30 bits per heavy atom. The third kappa shape index (κ3) is 3.80. The number of rotatable bonds is 4. The van der Waals surface area contributed by atoms with Crippen LogP contribution >= 0.6 is 31.9 Å². The van der Waals surface area contributed by atoms with Gasteiger partial charge in [0.15, 0.2) is 0 Å². The van der Waals surface area contributed by atoms with E-state index in [2.05, 4.69) is 47.4 Å². The lowest BCUT2D eigenvalue weighted by Crippen LogP contribution is -2.20. The first-order valence-corrected chi connectivity index (χ1v) is 7.65. The van der Waals surface area contributed by atoms with E-state index in [1.54, 1.807) is 12.3 Å². The molecule has 6 heteroatoms. The Balaban J connectivity index is 2.14. The molecule has 0 saturated heterocycles. The first-order valence-electron chi connectivity index (χ1n) is 6.07. The van der Waals surface area contributed by atoms with Gasteiger partial charge in [-0.25, -0.2) is 5.43 Å². The van der Waals surface area contributed by atoms with Crippen LogP contribution in [-0.2, 0) is 0 Å². The topological polar surface area (TPSA) is 57.2 Å². The summed E-state index contributed by atoms with van der Waals surface area (Å²) in [5, 5.41) is 4.20. The van der Waals surface area contributed by atoms with Crippen LogP contribution in [0.3, 0.4) is 0 Å². The number of carbonyl (C=O) groups excluding carboxylic acids is 1. The highest BCUT2D eigenvalue weighted by molar-refractivity contribution is 9.10. The zero-order chi connectivity index (χ0) is 14.5. The fourth-order valence-corrected chi connectivity index (χ4v) is 2.44. The van der Waals surface area contributed by atoms with E-state index in [1.807, 2.05) is 31.2 Å². The largest absolute Gasteiger partial charge is 0.356 e. The van der Waals surface area contributed by atoms with Crippen LogP contribution in [0.1, 0.15) is 29.4 Å². The summed E-state index contributed by atoms with van der Waals surface area (Å²) in [6.45, 7) is 2.00. The quantitative estimate of drug-likeness (QED) is 0.591. The number of carbonyl (C=O) groups is 1. The Morgan fingerprint density at radius 2 is 2.10 bits per heavy atom. The zero-order valence-corrected chi connectivity index (χ0v) is 14.0. The molecule has 2 N–H and O–H groups in total. The maximum Gasteiger partial charge on any atom is 0.287 e. The number of amides is 1. The summed E-state index contributed by atoms with van der Waals surface area (Å²) in [5.74, 6) is -0.267. The van der Waals surface area contributed by atoms with Gasteiger partial charge in [-0.1, -0.05) is 35.0 Å². The molecule has 4 nitrogen and oxygen atoms in total. The van der Waals surface area contributed by atoms with E-state index in [0.29, 0.717) is 5.69 Å². The number of nitrogens with zero attached hydrogens (tertiary/aromatic N) is 1. The lowest BCUT2D eigenvalue weighted by molar-refractivity contribution is 0.0950. The average Bonchev–Trinajstić information content (AvgIpc) is 2.86. The van der Waals surface area contributed by atoms with Crippen LogP contribution in [-0.4, -0.2) is 16.6 Å². The molecule has 0 spiro atoms. The minimum absolute atomic E-state index is 0.267. The lowest BCUT2D eigenvalue weighted by Gasteiger charge is -2.05. The Labute approximate surface area is 133 Å². The van der Waals surface area contributed by atoms with E-state index in [9.17, 15) is 4.79 Å². The Kier molecular flexibility index (Phi) is 5.14. The number of aromatic amines is 1. The number of nitrogens with one attached hydrogen (secondary N) is 2. The summed E-state index contributed by atoms with van der Waals surface area (Å²) in [7, 11) is 0. The zero-order valence-electron chi connectivity index (χ0n) is 10.8. The summed E-state index contributed by atoms with van der Waals surface area (Å²) < 4.78 is 1.81. The third-order valence-corrected chi connectivity index (χ3v) is 3.63. The van der Waals surface area contributed by atoms with Gasteiger partial charge in [0.1, 0.15) is 5.69 Å². The molecular weight excluding hydrogens is 386 g/mol. The molecule has 0 fully saturated rings. The number of hydrogen-bond acceptors (Lipinski definition) is 2. The van der Waals surface area contributed by atoms with Crippen LogP contribution < -0.4 is 5.43 Å². The van der Waals surface area contributed by atoms with Gasteiger partial charge < -0.3 is 4.98 Å². The first-order chi connectivity index (χ1) is 9.60. The van der Waals surface area contributed by atoms with Crippen LogP contribution in [0, 0.1) is 0 Å². The number of benzene rings is 1. The molecule has 2 aromatic rings. The third-order valence-electron chi connectivity index (χ3n) is 2.68. The second-order valence-corrected chi connectivity index (χ2v) is 5.93. The maximum absolute atomic E-state index is 11.9. The Hall–Kier alpha value is -1.40. The van der Waals surface area contributed by atoms with Crippen LogP contribution in [0.5, 0.6) is 0 Å². The first kappa shape index (κ1) is 15.0. The van der Waals surface area contributed by atoms with Crippen molar-refractivity contribution in [1.82, 2.24) is 10.4 Å². The highest BCUT2D eigenvalue weighted by atomic mass is 79.9. The van der Waals surface area contributed by atoms with E-state index >= 15 is 0 Å². The fraction of sp³-hybridized carbons (Fsp3) is 0.143. The molecule has 0 aliphatic rings. The molecule has 1 heterocycles. The van der Waals surface area contributed by atoms with Crippen LogP contribution in [0.25, 0.3) is 0 Å².